The van der Waals surface area contributed by atoms with Gasteiger partial charge in [0.1, 0.15) is 48.3 Å². The van der Waals surface area contributed by atoms with E-state index in [1.165, 1.54) is 33.4 Å². The maximum atomic E-state index is 16.5. The molecule has 8 rings (SSSR count). The third kappa shape index (κ3) is 9.92. The molecule has 3 fully saturated rings. The highest BCUT2D eigenvalue weighted by molar-refractivity contribution is 8.07. The first kappa shape index (κ1) is 45.8. The average molecular weight is 975 g/mol. The van der Waals surface area contributed by atoms with Crippen molar-refractivity contribution in [2.24, 2.45) is 5.92 Å². The number of carbonyl (C=O) groups is 3. The molecule has 7 N–H and O–H groups in total. The molecule has 3 aliphatic rings. The zero-order valence-corrected chi connectivity index (χ0v) is 36.4. The second kappa shape index (κ2) is 18.6. The summed E-state index contributed by atoms with van der Waals surface area (Å²) in [6.45, 7) is -8.24. The van der Waals surface area contributed by atoms with Crippen molar-refractivity contribution in [3.63, 3.8) is 0 Å². The van der Waals surface area contributed by atoms with Gasteiger partial charge in [-0.25, -0.2) is 38.7 Å². The predicted molar refractivity (Wildman–Crippen MR) is 218 cm³/mol. The van der Waals surface area contributed by atoms with Gasteiger partial charge in [0.2, 0.25) is 11.8 Å². The van der Waals surface area contributed by atoms with Crippen molar-refractivity contribution in [2.45, 2.75) is 88.5 Å². The second-order valence-corrected chi connectivity index (χ2v) is 20.2. The fraction of sp³-hybridized carbons (Fsp3) is 0.531. The fourth-order valence-electron chi connectivity index (χ4n) is 7.08. The van der Waals surface area contributed by atoms with Crippen molar-refractivity contribution >= 4 is 88.8 Å². The van der Waals surface area contributed by atoms with Crippen LogP contribution in [0.15, 0.2) is 31.5 Å². The number of nitrogen functional groups attached to an aromatic ring is 1. The summed E-state index contributed by atoms with van der Waals surface area (Å²) in [5.74, 6) is -2.67. The van der Waals surface area contributed by atoms with Gasteiger partial charge in [-0.3, -0.25) is 37.2 Å². The maximum Gasteiger partial charge on any atom is 0.325 e. The Morgan fingerprint density at radius 2 is 1.48 bits per heavy atom. The van der Waals surface area contributed by atoms with E-state index in [2.05, 4.69) is 50.8 Å². The van der Waals surface area contributed by atoms with E-state index in [-0.39, 0.29) is 59.9 Å². The number of nitrogens with one attached hydrogen (secondary N) is 2. The molecule has 32 heteroatoms. The van der Waals surface area contributed by atoms with Crippen molar-refractivity contribution in [1.29, 1.82) is 0 Å². The standard InChI is InChI=1S/C32H38F2N14O12P2S2/c1-14(5-19(50)51)30(52)36-6-15-7-46(45-44-15)4-2-3-18(49)43-27-23-29(40-11-38-27)48(13-42-23)32-21(34)25-17(58-32)9-56-61(53,63)59-24-16(8-55-62(54,64)60-25)57-31(20(24)33)47-12-41-22-26(35)37-10-39-28(22)47/h7,10-14,16-17,20-21,24-25,31-32H,2-6,8-9H2,1H3,(H,36,52)(H,50,51)(H,53,63)(H,54,64)(H2,35,37,39)(H,38,40,43,49)/t14?,16-,17-,20-,21-,24-,25-,31-,32-,61?,62?/m1/s1. The minimum absolute atomic E-state index is 0.00122. The third-order valence-electron chi connectivity index (χ3n) is 10.1. The number of hydrogen-bond donors (Lipinski definition) is 6. The van der Waals surface area contributed by atoms with Gasteiger partial charge >= 0.3 is 19.4 Å². The first-order valence-electron chi connectivity index (χ1n) is 19.2. The van der Waals surface area contributed by atoms with Gasteiger partial charge in [-0.15, -0.1) is 5.10 Å². The Morgan fingerprint density at radius 1 is 0.906 bits per heavy atom. The molecule has 344 valence electrons. The molecule has 3 saturated heterocycles. The highest BCUT2D eigenvalue weighted by atomic mass is 32.5. The van der Waals surface area contributed by atoms with Crippen molar-refractivity contribution < 1.29 is 65.6 Å². The Bertz CT molecular complexity index is 2660. The molecular weight excluding hydrogens is 937 g/mol. The lowest BCUT2D eigenvalue weighted by Crippen LogP contribution is -2.37. The van der Waals surface area contributed by atoms with Gasteiger partial charge in [0.05, 0.1) is 45.0 Å². The molecule has 0 saturated carbocycles. The summed E-state index contributed by atoms with van der Waals surface area (Å²) in [5.41, 5.74) is 6.70. The highest BCUT2D eigenvalue weighted by Crippen LogP contribution is 2.54. The Morgan fingerprint density at radius 3 is 2.09 bits per heavy atom. The first-order chi connectivity index (χ1) is 30.5. The number of imidazole rings is 2. The average Bonchev–Trinajstić information content (AvgIpc) is 4.08. The monoisotopic (exact) mass is 974 g/mol. The number of ether oxygens (including phenoxy) is 2. The second-order valence-electron chi connectivity index (χ2n) is 14.7. The number of amides is 2. The number of aromatic nitrogens is 11. The maximum absolute atomic E-state index is 16.5. The third-order valence-corrected chi connectivity index (χ3v) is 13.3. The number of fused-ring (bicyclic) bond motifs is 4. The molecule has 0 spiro atoms. The number of carbonyl (C=O) groups excluding carboxylic acids is 2. The van der Waals surface area contributed by atoms with Gasteiger partial charge in [-0.1, -0.05) is 12.1 Å². The minimum atomic E-state index is -4.36. The summed E-state index contributed by atoms with van der Waals surface area (Å²) in [6, 6.07) is 0. The summed E-state index contributed by atoms with van der Waals surface area (Å²) < 4.78 is 70.9. The van der Waals surface area contributed by atoms with Crippen LogP contribution in [0.3, 0.4) is 0 Å². The molecule has 3 aliphatic heterocycles. The zero-order valence-electron chi connectivity index (χ0n) is 33.0. The van der Waals surface area contributed by atoms with Crippen LogP contribution in [0.5, 0.6) is 0 Å². The molecule has 0 aliphatic carbocycles. The zero-order chi connectivity index (χ0) is 45.5. The van der Waals surface area contributed by atoms with Gasteiger partial charge in [0.15, 0.2) is 53.2 Å². The van der Waals surface area contributed by atoms with Crippen LogP contribution in [0, 0.1) is 5.92 Å². The molecule has 2 amide bonds. The number of carboxylic acids is 1. The lowest BCUT2D eigenvalue weighted by molar-refractivity contribution is -0.140. The summed E-state index contributed by atoms with van der Waals surface area (Å²) >= 11 is 10.5. The lowest BCUT2D eigenvalue weighted by Gasteiger charge is -2.29. The van der Waals surface area contributed by atoms with Crippen molar-refractivity contribution in [3.05, 3.63) is 37.2 Å². The molecule has 5 aromatic rings. The van der Waals surface area contributed by atoms with E-state index in [0.29, 0.717) is 12.1 Å². The van der Waals surface area contributed by atoms with Gasteiger partial charge in [0, 0.05) is 18.9 Å². The van der Waals surface area contributed by atoms with Gasteiger partial charge in [-0.05, 0) is 30.0 Å². The molecule has 64 heavy (non-hydrogen) atoms. The number of alkyl halides is 2. The number of nitrogens with zero attached hydrogens (tertiary/aromatic N) is 11. The largest absolute Gasteiger partial charge is 0.481 e. The van der Waals surface area contributed by atoms with Crippen LogP contribution >= 0.6 is 13.4 Å². The number of nitrogens with two attached hydrogens (primary N) is 1. The quantitative estimate of drug-likeness (QED) is 0.0938. The van der Waals surface area contributed by atoms with E-state index in [4.69, 9.17) is 62.0 Å². The SMILES string of the molecule is CC(CC(=O)O)C(=O)NCc1cn(CCCC(=O)Nc2ncnc3c2ncn3[C@@H]2O[C@@H]3COP(O)(=S)O[C@H]4[C@@H](F)[C@H](n5cnc6c(N)ncnc65)O[C@@H]4COP(O)(=S)O[C@H]3[C@H]2F)nn1. The van der Waals surface area contributed by atoms with Crippen molar-refractivity contribution in [1.82, 2.24) is 59.3 Å². The topological polar surface area (TPSA) is 335 Å². The Hall–Kier alpha value is -4.71. The molecule has 8 heterocycles. The van der Waals surface area contributed by atoms with Gasteiger partial charge in [-0.2, -0.15) is 0 Å². The molecule has 0 aromatic carbocycles. The number of rotatable bonds is 12. The molecule has 5 aromatic heterocycles. The van der Waals surface area contributed by atoms with Crippen molar-refractivity contribution in [2.75, 3.05) is 24.3 Å². The smallest absolute Gasteiger partial charge is 0.325 e. The van der Waals surface area contributed by atoms with Crippen LogP contribution in [0.1, 0.15) is 44.3 Å². The summed E-state index contributed by atoms with van der Waals surface area (Å²) in [6.07, 6.45) is -7.05. The number of anilines is 2. The molecular formula is C32H38F2N14O12P2S2. The Labute approximate surface area is 368 Å². The van der Waals surface area contributed by atoms with Crippen LogP contribution in [0.4, 0.5) is 20.4 Å². The number of halogens is 2. The van der Waals surface area contributed by atoms with E-state index in [1.807, 2.05) is 0 Å². The van der Waals surface area contributed by atoms with Crippen molar-refractivity contribution in [3.8, 4) is 0 Å². The fourth-order valence-corrected chi connectivity index (χ4v) is 9.95. The van der Waals surface area contributed by atoms with E-state index in [9.17, 15) is 24.2 Å². The number of aryl methyl sites for hydroxylation is 1. The van der Waals surface area contributed by atoms with Gasteiger partial charge < -0.3 is 49.8 Å². The predicted octanol–water partition coefficient (Wildman–Crippen LogP) is 0.708. The number of hydrogen-bond acceptors (Lipinski definition) is 20. The normalized spacial score (nSPS) is 30.3. The lowest BCUT2D eigenvalue weighted by atomic mass is 10.1. The summed E-state index contributed by atoms with van der Waals surface area (Å²) in [4.78, 5) is 82.9. The number of aliphatic carboxylic acids is 1. The van der Waals surface area contributed by atoms with E-state index >= 15 is 8.78 Å². The first-order valence-corrected chi connectivity index (χ1v) is 24.3. The highest BCUT2D eigenvalue weighted by Gasteiger charge is 2.54. The molecule has 0 bridgehead atoms. The van der Waals surface area contributed by atoms with E-state index in [0.717, 1.165) is 12.7 Å². The van der Waals surface area contributed by atoms with Crippen LogP contribution in [-0.2, 0) is 78.7 Å². The van der Waals surface area contributed by atoms with Gasteiger partial charge in [0.25, 0.3) is 0 Å². The van der Waals surface area contributed by atoms with E-state index in [1.54, 1.807) is 6.20 Å². The van der Waals surface area contributed by atoms with E-state index < -0.39 is 99.6 Å². The molecule has 26 nitrogen and oxygen atoms in total. The van der Waals surface area contributed by atoms with Crippen LogP contribution in [0.25, 0.3) is 22.3 Å². The number of carboxylic acid groups (broad SMARTS) is 1. The summed E-state index contributed by atoms with van der Waals surface area (Å²) in [5, 5.41) is 22.1. The molecule has 0 radical (unpaired) electrons. The Balaban J connectivity index is 0.904. The van der Waals surface area contributed by atoms with Crippen LogP contribution in [-0.4, -0.2) is 137 Å². The summed E-state index contributed by atoms with van der Waals surface area (Å²) in [7, 11) is 0. The molecule has 11 atom stereocenters. The Kier molecular flexibility index (Phi) is 13.4. The molecule has 3 unspecified atom stereocenters. The van der Waals surface area contributed by atoms with Crippen LogP contribution in [0.2, 0.25) is 0 Å². The van der Waals surface area contributed by atoms with Crippen LogP contribution < -0.4 is 16.4 Å². The minimum Gasteiger partial charge on any atom is -0.481 e.